The summed E-state index contributed by atoms with van der Waals surface area (Å²) < 4.78 is 34.4. The maximum atomic E-state index is 13.2. The molecule has 2 amide bonds. The zero-order valence-corrected chi connectivity index (χ0v) is 29.7. The van der Waals surface area contributed by atoms with E-state index in [1.165, 1.54) is 19.2 Å². The Balaban J connectivity index is 0.000000392. The molecule has 0 saturated carbocycles. The largest absolute Gasteiger partial charge is 0.465 e. The standard InChI is InChI=1S/C31H33N5O4.C7H8O3S/c1-34-15-17-36(18-16-34)20-27(37)35(2)24-12-10-23(11-13-24)32-29(21-7-5-4-6-8-21)28-25-14-9-22(31(39)40-3)19-26(25)33-30(28)38;1-6-2-4-7(5-3-6)11(8,9)10/h4-14,19,32H,15-18,20H2,1-3H3,(H,33,38);2-5H,1H3,(H,8,9,10). The molecule has 2 aliphatic rings. The highest BCUT2D eigenvalue weighted by atomic mass is 32.2. The van der Waals surface area contributed by atoms with E-state index in [0.717, 1.165) is 48.7 Å². The van der Waals surface area contributed by atoms with E-state index in [9.17, 15) is 22.8 Å². The van der Waals surface area contributed by atoms with Crippen LogP contribution in [0.2, 0.25) is 0 Å². The molecule has 13 heteroatoms. The van der Waals surface area contributed by atoms with Crippen molar-refractivity contribution in [2.75, 3.05) is 69.5 Å². The predicted octanol–water partition coefficient (Wildman–Crippen LogP) is 4.86. The van der Waals surface area contributed by atoms with Gasteiger partial charge in [-0.1, -0.05) is 54.1 Å². The first kappa shape index (κ1) is 36.9. The summed E-state index contributed by atoms with van der Waals surface area (Å²) in [5.74, 6) is -0.694. The molecule has 3 N–H and O–H groups in total. The minimum Gasteiger partial charge on any atom is -0.465 e. The molecule has 1 fully saturated rings. The van der Waals surface area contributed by atoms with Crippen molar-refractivity contribution in [3.63, 3.8) is 0 Å². The molecule has 266 valence electrons. The van der Waals surface area contributed by atoms with Gasteiger partial charge in [-0.15, -0.1) is 0 Å². The van der Waals surface area contributed by atoms with Gasteiger partial charge in [0.1, 0.15) is 0 Å². The molecule has 2 heterocycles. The van der Waals surface area contributed by atoms with Crippen molar-refractivity contribution in [1.82, 2.24) is 9.80 Å². The average molecular weight is 712 g/mol. The fourth-order valence-electron chi connectivity index (χ4n) is 5.62. The van der Waals surface area contributed by atoms with E-state index in [4.69, 9.17) is 9.29 Å². The third kappa shape index (κ3) is 9.27. The average Bonchev–Trinajstić information content (AvgIpc) is 3.46. The maximum absolute atomic E-state index is 13.2. The Morgan fingerprint density at radius 3 is 2.16 bits per heavy atom. The molecule has 0 aromatic heterocycles. The van der Waals surface area contributed by atoms with E-state index in [0.29, 0.717) is 34.6 Å². The van der Waals surface area contributed by atoms with Gasteiger partial charge in [-0.2, -0.15) is 8.42 Å². The lowest BCUT2D eigenvalue weighted by Crippen LogP contribution is -2.48. The van der Waals surface area contributed by atoms with Gasteiger partial charge >= 0.3 is 5.97 Å². The van der Waals surface area contributed by atoms with Crippen LogP contribution in [0.5, 0.6) is 0 Å². The van der Waals surface area contributed by atoms with Crippen LogP contribution in [-0.2, 0) is 24.4 Å². The van der Waals surface area contributed by atoms with E-state index in [2.05, 4.69) is 27.5 Å². The second-order valence-corrected chi connectivity index (χ2v) is 13.7. The number of aryl methyl sites for hydroxylation is 1. The molecule has 0 radical (unpaired) electrons. The fourth-order valence-corrected chi connectivity index (χ4v) is 6.10. The third-order valence-electron chi connectivity index (χ3n) is 8.67. The molecular weight excluding hydrogens is 671 g/mol. The smallest absolute Gasteiger partial charge is 0.337 e. The molecule has 12 nitrogen and oxygen atoms in total. The van der Waals surface area contributed by atoms with Crippen LogP contribution in [0.3, 0.4) is 0 Å². The van der Waals surface area contributed by atoms with Crippen molar-refractivity contribution < 1.29 is 32.1 Å². The number of ether oxygens (including phenoxy) is 1. The van der Waals surface area contributed by atoms with E-state index in [-0.39, 0.29) is 16.7 Å². The van der Waals surface area contributed by atoms with Crippen molar-refractivity contribution in [1.29, 1.82) is 0 Å². The lowest BCUT2D eigenvalue weighted by atomic mass is 9.99. The fraction of sp³-hybridized carbons (Fsp3) is 0.237. The topological polar surface area (TPSA) is 149 Å². The first-order valence-electron chi connectivity index (χ1n) is 16.3. The summed E-state index contributed by atoms with van der Waals surface area (Å²) in [6.07, 6.45) is 0. The molecule has 0 atom stereocenters. The highest BCUT2D eigenvalue weighted by Gasteiger charge is 2.29. The number of hydrogen-bond acceptors (Lipinski definition) is 9. The maximum Gasteiger partial charge on any atom is 0.337 e. The van der Waals surface area contributed by atoms with Crippen LogP contribution in [-0.4, -0.2) is 94.5 Å². The minimum absolute atomic E-state index is 0.0444. The van der Waals surface area contributed by atoms with Crippen LogP contribution in [0.25, 0.3) is 11.3 Å². The lowest BCUT2D eigenvalue weighted by Gasteiger charge is -2.32. The second kappa shape index (κ2) is 16.1. The van der Waals surface area contributed by atoms with Gasteiger partial charge in [0.15, 0.2) is 0 Å². The highest BCUT2D eigenvalue weighted by molar-refractivity contribution is 7.85. The molecule has 2 aliphatic heterocycles. The number of amides is 2. The quantitative estimate of drug-likeness (QED) is 0.132. The summed E-state index contributed by atoms with van der Waals surface area (Å²) in [5.41, 5.74) is 6.05. The number of esters is 1. The summed E-state index contributed by atoms with van der Waals surface area (Å²) in [6, 6.07) is 28.2. The number of piperazine rings is 1. The van der Waals surface area contributed by atoms with Crippen LogP contribution in [0, 0.1) is 6.92 Å². The van der Waals surface area contributed by atoms with Crippen molar-refractivity contribution in [2.24, 2.45) is 0 Å². The SMILES string of the molecule is COC(=O)c1ccc2c(c1)NC(=O)C2=C(Nc1ccc(N(C)C(=O)CN2CCN(C)CC2)cc1)c1ccccc1.Cc1ccc(S(=O)(=O)O)cc1. The molecule has 0 bridgehead atoms. The van der Waals surface area contributed by atoms with Gasteiger partial charge in [-0.25, -0.2) is 4.79 Å². The summed E-state index contributed by atoms with van der Waals surface area (Å²) in [6.45, 7) is 5.93. The Labute approximate surface area is 298 Å². The third-order valence-corrected chi connectivity index (χ3v) is 9.54. The van der Waals surface area contributed by atoms with E-state index in [1.54, 1.807) is 42.3 Å². The zero-order chi connectivity index (χ0) is 36.7. The molecule has 0 aliphatic carbocycles. The summed E-state index contributed by atoms with van der Waals surface area (Å²) >= 11 is 0. The molecule has 4 aromatic carbocycles. The number of likely N-dealkylation sites (N-methyl/N-ethyl adjacent to an activating group) is 2. The van der Waals surface area contributed by atoms with Gasteiger partial charge in [-0.05, 0) is 68.1 Å². The number of nitrogens with zero attached hydrogens (tertiary/aromatic N) is 3. The molecule has 0 unspecified atom stereocenters. The number of methoxy groups -OCH3 is 1. The molecule has 6 rings (SSSR count). The van der Waals surface area contributed by atoms with E-state index < -0.39 is 16.1 Å². The Hall–Kier alpha value is -5.34. The Kier molecular flexibility index (Phi) is 11.7. The van der Waals surface area contributed by atoms with Gasteiger partial charge in [0.05, 0.1) is 41.1 Å². The zero-order valence-electron chi connectivity index (χ0n) is 28.9. The van der Waals surface area contributed by atoms with Crippen LogP contribution in [0.1, 0.15) is 27.0 Å². The Morgan fingerprint density at radius 1 is 0.902 bits per heavy atom. The van der Waals surface area contributed by atoms with Crippen LogP contribution in [0.15, 0.2) is 102 Å². The number of carbonyl (C=O) groups is 3. The number of nitrogens with one attached hydrogen (secondary N) is 2. The summed E-state index contributed by atoms with van der Waals surface area (Å²) in [7, 11) is 1.19. The lowest BCUT2D eigenvalue weighted by molar-refractivity contribution is -0.119. The van der Waals surface area contributed by atoms with E-state index in [1.807, 2.05) is 61.5 Å². The van der Waals surface area contributed by atoms with Gasteiger partial charge in [0, 0.05) is 50.2 Å². The van der Waals surface area contributed by atoms with Crippen molar-refractivity contribution in [3.8, 4) is 0 Å². The van der Waals surface area contributed by atoms with Crippen molar-refractivity contribution in [3.05, 3.63) is 119 Å². The first-order valence-corrected chi connectivity index (χ1v) is 17.7. The van der Waals surface area contributed by atoms with E-state index >= 15 is 0 Å². The van der Waals surface area contributed by atoms with Crippen LogP contribution >= 0.6 is 0 Å². The normalized spacial score (nSPS) is 15.5. The number of anilines is 3. The van der Waals surface area contributed by atoms with Crippen molar-refractivity contribution in [2.45, 2.75) is 11.8 Å². The Morgan fingerprint density at radius 2 is 1.55 bits per heavy atom. The second-order valence-electron chi connectivity index (χ2n) is 12.3. The van der Waals surface area contributed by atoms with Crippen LogP contribution in [0.4, 0.5) is 17.1 Å². The predicted molar refractivity (Wildman–Crippen MR) is 198 cm³/mol. The first-order chi connectivity index (χ1) is 24.3. The van der Waals surface area contributed by atoms with Gasteiger partial charge in [-0.3, -0.25) is 19.0 Å². The van der Waals surface area contributed by atoms with Gasteiger partial charge in [0.2, 0.25) is 5.91 Å². The number of fused-ring (bicyclic) bond motifs is 1. The molecule has 1 saturated heterocycles. The van der Waals surface area contributed by atoms with Gasteiger partial charge in [0.25, 0.3) is 16.0 Å². The number of carbonyl (C=O) groups excluding carboxylic acids is 3. The van der Waals surface area contributed by atoms with Gasteiger partial charge < -0.3 is 25.2 Å². The monoisotopic (exact) mass is 711 g/mol. The minimum atomic E-state index is -4.02. The Bertz CT molecular complexity index is 2030. The van der Waals surface area contributed by atoms with Crippen molar-refractivity contribution >= 4 is 56.2 Å². The summed E-state index contributed by atoms with van der Waals surface area (Å²) in [5, 5.41) is 6.31. The highest BCUT2D eigenvalue weighted by Crippen LogP contribution is 2.38. The van der Waals surface area contributed by atoms with Crippen LogP contribution < -0.4 is 15.5 Å². The molecule has 4 aromatic rings. The number of hydrogen-bond donors (Lipinski definition) is 3. The molecule has 0 spiro atoms. The number of rotatable bonds is 8. The molecular formula is C38H41N5O7S. The molecule has 51 heavy (non-hydrogen) atoms. The summed E-state index contributed by atoms with van der Waals surface area (Å²) in [4.78, 5) is 44.2. The number of benzene rings is 4.